The molecule has 1 amide bonds. The van der Waals surface area contributed by atoms with Crippen LogP contribution in [-0.2, 0) is 4.79 Å². The van der Waals surface area contributed by atoms with E-state index < -0.39 is 5.54 Å². The fraction of sp³-hybridized carbons (Fsp3) is 0.923. The van der Waals surface area contributed by atoms with Crippen LogP contribution in [0, 0.1) is 0 Å². The van der Waals surface area contributed by atoms with Gasteiger partial charge in [0, 0.05) is 18.1 Å². The molecule has 4 nitrogen and oxygen atoms in total. The third-order valence-corrected chi connectivity index (χ3v) is 4.80. The first-order valence-electron chi connectivity index (χ1n) is 6.83. The Kier molecular flexibility index (Phi) is 3.46. The van der Waals surface area contributed by atoms with Crippen LogP contribution in [-0.4, -0.2) is 34.5 Å². The maximum Gasteiger partial charge on any atom is 0.237 e. The maximum atomic E-state index is 11.8. The third kappa shape index (κ3) is 2.08. The molecule has 0 aliphatic carbocycles. The summed E-state index contributed by atoms with van der Waals surface area (Å²) in [5.74, 6) is -0.188. The lowest BCUT2D eigenvalue weighted by atomic mass is 9.77. The summed E-state index contributed by atoms with van der Waals surface area (Å²) in [4.78, 5) is 14.2. The first-order valence-corrected chi connectivity index (χ1v) is 6.83. The van der Waals surface area contributed by atoms with E-state index in [4.69, 9.17) is 11.5 Å². The van der Waals surface area contributed by atoms with Gasteiger partial charge in [-0.3, -0.25) is 9.69 Å². The monoisotopic (exact) mass is 239 g/mol. The molecule has 2 fully saturated rings. The van der Waals surface area contributed by atoms with Gasteiger partial charge in [0.25, 0.3) is 0 Å². The molecule has 2 bridgehead atoms. The molecule has 3 unspecified atom stereocenters. The molecule has 0 aromatic heterocycles. The highest BCUT2D eigenvalue weighted by Gasteiger charge is 2.48. The van der Waals surface area contributed by atoms with Gasteiger partial charge in [0.05, 0.1) is 5.54 Å². The molecule has 0 saturated carbocycles. The molecule has 0 spiro atoms. The summed E-state index contributed by atoms with van der Waals surface area (Å²) in [6, 6.07) is 1.21. The lowest BCUT2D eigenvalue weighted by Gasteiger charge is -2.55. The molecule has 2 aliphatic heterocycles. The van der Waals surface area contributed by atoms with Gasteiger partial charge in [-0.05, 0) is 39.0 Å². The molecule has 0 radical (unpaired) electrons. The van der Waals surface area contributed by atoms with E-state index >= 15 is 0 Å². The Balaban J connectivity index is 2.27. The van der Waals surface area contributed by atoms with Crippen LogP contribution in [0.2, 0.25) is 0 Å². The van der Waals surface area contributed by atoms with Gasteiger partial charge >= 0.3 is 0 Å². The lowest BCUT2D eigenvalue weighted by Crippen LogP contribution is -2.67. The summed E-state index contributed by atoms with van der Waals surface area (Å²) in [5, 5.41) is 0. The summed E-state index contributed by atoms with van der Waals surface area (Å²) in [7, 11) is 0. The average Bonchev–Trinajstić information content (AvgIpc) is 2.26. The zero-order chi connectivity index (χ0) is 12.6. The highest BCUT2D eigenvalue weighted by atomic mass is 16.1. The molecule has 4 heteroatoms. The van der Waals surface area contributed by atoms with Gasteiger partial charge in [0.15, 0.2) is 0 Å². The number of amides is 1. The molecule has 98 valence electrons. The van der Waals surface area contributed by atoms with E-state index in [1.54, 1.807) is 0 Å². The van der Waals surface area contributed by atoms with E-state index in [2.05, 4.69) is 11.8 Å². The normalized spacial score (nSPS) is 37.5. The van der Waals surface area contributed by atoms with Crippen LogP contribution >= 0.6 is 0 Å². The van der Waals surface area contributed by atoms with E-state index in [0.717, 1.165) is 32.1 Å². The van der Waals surface area contributed by atoms with Crippen LogP contribution in [0.5, 0.6) is 0 Å². The quantitative estimate of drug-likeness (QED) is 0.771. The molecule has 2 aliphatic rings. The molecule has 2 saturated heterocycles. The smallest absolute Gasteiger partial charge is 0.237 e. The summed E-state index contributed by atoms with van der Waals surface area (Å²) in [5.41, 5.74) is 11.3. The van der Waals surface area contributed by atoms with E-state index in [0.29, 0.717) is 18.1 Å². The number of nitrogens with two attached hydrogens (primary N) is 2. The van der Waals surface area contributed by atoms with Gasteiger partial charge in [-0.1, -0.05) is 13.3 Å². The Bertz CT molecular complexity index is 293. The highest BCUT2D eigenvalue weighted by Crippen LogP contribution is 2.39. The number of primary amides is 1. The lowest BCUT2D eigenvalue weighted by molar-refractivity contribution is -0.138. The van der Waals surface area contributed by atoms with Gasteiger partial charge in [-0.25, -0.2) is 0 Å². The van der Waals surface area contributed by atoms with Gasteiger partial charge in [-0.15, -0.1) is 0 Å². The van der Waals surface area contributed by atoms with Crippen molar-refractivity contribution in [2.75, 3.05) is 0 Å². The zero-order valence-electron chi connectivity index (χ0n) is 11.0. The van der Waals surface area contributed by atoms with Crippen LogP contribution < -0.4 is 11.5 Å². The average molecular weight is 239 g/mol. The number of carbonyl (C=O) groups is 1. The number of hydrogen-bond acceptors (Lipinski definition) is 3. The van der Waals surface area contributed by atoms with Crippen molar-refractivity contribution >= 4 is 5.91 Å². The van der Waals surface area contributed by atoms with Crippen molar-refractivity contribution in [2.45, 2.75) is 76.0 Å². The topological polar surface area (TPSA) is 72.4 Å². The van der Waals surface area contributed by atoms with E-state index in [9.17, 15) is 4.79 Å². The van der Waals surface area contributed by atoms with Crippen molar-refractivity contribution in [3.05, 3.63) is 0 Å². The molecule has 4 N–H and O–H groups in total. The number of nitrogens with zero attached hydrogens (tertiary/aromatic N) is 1. The second-order valence-electron chi connectivity index (χ2n) is 5.87. The summed E-state index contributed by atoms with van der Waals surface area (Å²) < 4.78 is 0. The SMILES string of the molecule is CCC(C)(C(N)=O)N1C2CCCC1CC(N)C2. The molecule has 2 heterocycles. The Morgan fingerprint density at radius 1 is 1.35 bits per heavy atom. The van der Waals surface area contributed by atoms with E-state index in [1.807, 2.05) is 6.92 Å². The van der Waals surface area contributed by atoms with Crippen LogP contribution in [0.1, 0.15) is 52.4 Å². The van der Waals surface area contributed by atoms with Gasteiger partial charge in [-0.2, -0.15) is 0 Å². The van der Waals surface area contributed by atoms with Crippen molar-refractivity contribution in [2.24, 2.45) is 11.5 Å². The predicted molar refractivity (Wildman–Crippen MR) is 68.4 cm³/mol. The minimum absolute atomic E-state index is 0.188. The van der Waals surface area contributed by atoms with Crippen molar-refractivity contribution in [3.63, 3.8) is 0 Å². The Hall–Kier alpha value is -0.610. The van der Waals surface area contributed by atoms with Gasteiger partial charge in [0.1, 0.15) is 0 Å². The Morgan fingerprint density at radius 2 is 1.88 bits per heavy atom. The standard InChI is InChI=1S/C13H25N3O/c1-3-13(2,12(15)17)16-10-5-4-6-11(16)8-9(14)7-10/h9-11H,3-8,14H2,1-2H3,(H2,15,17). The number of hydrogen-bond donors (Lipinski definition) is 2. The first kappa shape index (κ1) is 12.8. The Morgan fingerprint density at radius 3 is 2.29 bits per heavy atom. The van der Waals surface area contributed by atoms with Crippen LogP contribution in [0.3, 0.4) is 0 Å². The van der Waals surface area contributed by atoms with Crippen molar-refractivity contribution < 1.29 is 4.79 Å². The minimum atomic E-state index is -0.490. The van der Waals surface area contributed by atoms with Crippen molar-refractivity contribution in [1.82, 2.24) is 4.90 Å². The summed E-state index contributed by atoms with van der Waals surface area (Å²) in [6.07, 6.45) is 6.39. The molecule has 0 aromatic carbocycles. The van der Waals surface area contributed by atoms with Crippen molar-refractivity contribution in [1.29, 1.82) is 0 Å². The number of piperidine rings is 2. The van der Waals surface area contributed by atoms with E-state index in [1.165, 1.54) is 6.42 Å². The first-order chi connectivity index (χ1) is 7.99. The fourth-order valence-corrected chi connectivity index (χ4v) is 3.71. The number of carbonyl (C=O) groups excluding carboxylic acids is 1. The van der Waals surface area contributed by atoms with Crippen LogP contribution in [0.25, 0.3) is 0 Å². The second kappa shape index (κ2) is 4.58. The number of fused-ring (bicyclic) bond motifs is 2. The molecule has 3 atom stereocenters. The van der Waals surface area contributed by atoms with Gasteiger partial charge < -0.3 is 11.5 Å². The summed E-state index contributed by atoms with van der Waals surface area (Å²) >= 11 is 0. The van der Waals surface area contributed by atoms with Crippen LogP contribution in [0.4, 0.5) is 0 Å². The maximum absolute atomic E-state index is 11.8. The molecular formula is C13H25N3O. The fourth-order valence-electron chi connectivity index (χ4n) is 3.71. The summed E-state index contributed by atoms with van der Waals surface area (Å²) in [6.45, 7) is 4.05. The van der Waals surface area contributed by atoms with Crippen molar-refractivity contribution in [3.8, 4) is 0 Å². The zero-order valence-corrected chi connectivity index (χ0v) is 11.0. The van der Waals surface area contributed by atoms with Gasteiger partial charge in [0.2, 0.25) is 5.91 Å². The molecule has 2 rings (SSSR count). The second-order valence-corrected chi connectivity index (χ2v) is 5.87. The molecular weight excluding hydrogens is 214 g/mol. The molecule has 0 aromatic rings. The highest BCUT2D eigenvalue weighted by molar-refractivity contribution is 5.84. The molecule has 17 heavy (non-hydrogen) atoms. The Labute approximate surface area is 104 Å². The predicted octanol–water partition coefficient (Wildman–Crippen LogP) is 0.985. The third-order valence-electron chi connectivity index (χ3n) is 4.80. The largest absolute Gasteiger partial charge is 0.368 e. The van der Waals surface area contributed by atoms with Crippen LogP contribution in [0.15, 0.2) is 0 Å². The minimum Gasteiger partial charge on any atom is -0.368 e. The number of rotatable bonds is 3. The van der Waals surface area contributed by atoms with E-state index in [-0.39, 0.29) is 5.91 Å².